The van der Waals surface area contributed by atoms with Gasteiger partial charge in [-0.15, -0.1) is 0 Å². The van der Waals surface area contributed by atoms with Crippen molar-refractivity contribution >= 4 is 5.91 Å². The average molecular weight is 220 g/mol. The van der Waals surface area contributed by atoms with Gasteiger partial charge in [0.05, 0.1) is 6.20 Å². The molecule has 0 fully saturated rings. The zero-order valence-corrected chi connectivity index (χ0v) is 9.20. The van der Waals surface area contributed by atoms with Crippen LogP contribution in [0.4, 0.5) is 0 Å². The van der Waals surface area contributed by atoms with Crippen LogP contribution in [-0.4, -0.2) is 27.9 Å². The van der Waals surface area contributed by atoms with Crippen LogP contribution in [-0.2, 0) is 0 Å². The summed E-state index contributed by atoms with van der Waals surface area (Å²) in [6.07, 6.45) is 9.62. The van der Waals surface area contributed by atoms with Crippen LogP contribution < -0.4 is 5.32 Å². The van der Waals surface area contributed by atoms with Crippen molar-refractivity contribution < 1.29 is 4.79 Å². The maximum atomic E-state index is 11.5. The molecule has 2 N–H and O–H groups in total. The van der Waals surface area contributed by atoms with E-state index in [0.717, 1.165) is 6.42 Å². The molecule has 1 aromatic rings. The monoisotopic (exact) mass is 220 g/mol. The minimum Gasteiger partial charge on any atom is -0.350 e. The molecule has 0 radical (unpaired) electrons. The van der Waals surface area contributed by atoms with Gasteiger partial charge in [0, 0.05) is 6.54 Å². The van der Waals surface area contributed by atoms with Gasteiger partial charge in [0.25, 0.3) is 5.91 Å². The second-order valence-corrected chi connectivity index (χ2v) is 3.97. The predicted octanol–water partition coefficient (Wildman–Crippen LogP) is 1.42. The molecule has 0 saturated heterocycles. The highest BCUT2D eigenvalue weighted by Gasteiger charge is 2.08. The molecule has 0 unspecified atom stereocenters. The Hall–Kier alpha value is -1.65. The number of amides is 1. The van der Waals surface area contributed by atoms with Crippen molar-refractivity contribution in [3.63, 3.8) is 0 Å². The molecular formula is C11H16N4O. The number of carbonyl (C=O) groups excluding carboxylic acids is 1. The Labute approximate surface area is 94.3 Å². The fourth-order valence-corrected chi connectivity index (χ4v) is 1.87. The number of aromatic amines is 1. The van der Waals surface area contributed by atoms with E-state index in [2.05, 4.69) is 26.8 Å². The highest BCUT2D eigenvalue weighted by Crippen LogP contribution is 2.19. The Balaban J connectivity index is 1.72. The molecule has 0 atom stereocenters. The summed E-state index contributed by atoms with van der Waals surface area (Å²) in [6.45, 7) is 0.678. The summed E-state index contributed by atoms with van der Waals surface area (Å²) in [7, 11) is 0. The Morgan fingerprint density at radius 3 is 3.12 bits per heavy atom. The molecule has 0 saturated carbocycles. The number of aromatic nitrogens is 3. The minimum absolute atomic E-state index is 0.162. The van der Waals surface area contributed by atoms with Gasteiger partial charge in [0.15, 0.2) is 5.69 Å². The molecular weight excluding hydrogens is 204 g/mol. The summed E-state index contributed by atoms with van der Waals surface area (Å²) in [6, 6.07) is 0. The fraction of sp³-hybridized carbons (Fsp3) is 0.545. The molecule has 1 aliphatic rings. The van der Waals surface area contributed by atoms with Gasteiger partial charge in [-0.3, -0.25) is 4.79 Å². The van der Waals surface area contributed by atoms with Crippen LogP contribution in [0, 0.1) is 0 Å². The predicted molar refractivity (Wildman–Crippen MR) is 59.9 cm³/mol. The number of hydrogen-bond acceptors (Lipinski definition) is 3. The Morgan fingerprint density at radius 1 is 1.50 bits per heavy atom. The van der Waals surface area contributed by atoms with Crippen molar-refractivity contribution in [1.29, 1.82) is 0 Å². The highest BCUT2D eigenvalue weighted by molar-refractivity contribution is 5.91. The SMILES string of the molecule is O=C(NCCC1=CCCCC1)c1cn[nH]n1. The van der Waals surface area contributed by atoms with Crippen LogP contribution in [0.3, 0.4) is 0 Å². The number of allylic oxidation sites excluding steroid dienone is 1. The lowest BCUT2D eigenvalue weighted by atomic mass is 9.97. The van der Waals surface area contributed by atoms with E-state index in [1.54, 1.807) is 0 Å². The van der Waals surface area contributed by atoms with Crippen LogP contribution in [0.5, 0.6) is 0 Å². The van der Waals surface area contributed by atoms with Gasteiger partial charge in [0.1, 0.15) is 0 Å². The van der Waals surface area contributed by atoms with E-state index >= 15 is 0 Å². The lowest BCUT2D eigenvalue weighted by Gasteiger charge is -2.12. The molecule has 16 heavy (non-hydrogen) atoms. The molecule has 2 rings (SSSR count). The molecule has 5 nitrogen and oxygen atoms in total. The first-order valence-corrected chi connectivity index (χ1v) is 5.68. The third-order valence-corrected chi connectivity index (χ3v) is 2.76. The molecule has 5 heteroatoms. The van der Waals surface area contributed by atoms with Crippen molar-refractivity contribution in [2.24, 2.45) is 0 Å². The zero-order chi connectivity index (χ0) is 11.2. The number of H-pyrrole nitrogens is 1. The quantitative estimate of drug-likeness (QED) is 0.754. The molecule has 86 valence electrons. The van der Waals surface area contributed by atoms with Crippen LogP contribution in [0.2, 0.25) is 0 Å². The smallest absolute Gasteiger partial charge is 0.273 e. The van der Waals surface area contributed by atoms with Crippen molar-refractivity contribution in [1.82, 2.24) is 20.7 Å². The second-order valence-electron chi connectivity index (χ2n) is 3.97. The van der Waals surface area contributed by atoms with E-state index in [1.807, 2.05) is 0 Å². The van der Waals surface area contributed by atoms with Crippen molar-refractivity contribution in [3.05, 3.63) is 23.5 Å². The number of carbonyl (C=O) groups is 1. The van der Waals surface area contributed by atoms with Crippen LogP contribution in [0.1, 0.15) is 42.6 Å². The normalized spacial score (nSPS) is 15.6. The van der Waals surface area contributed by atoms with Gasteiger partial charge in [-0.05, 0) is 32.1 Å². The van der Waals surface area contributed by atoms with E-state index in [9.17, 15) is 4.79 Å². The molecule has 0 bridgehead atoms. The standard InChI is InChI=1S/C11H16N4O/c16-11(10-8-13-15-14-10)12-7-6-9-4-2-1-3-5-9/h4,8H,1-3,5-7H2,(H,12,16)(H,13,14,15). The number of nitrogens with zero attached hydrogens (tertiary/aromatic N) is 2. The summed E-state index contributed by atoms with van der Waals surface area (Å²) in [4.78, 5) is 11.5. The van der Waals surface area contributed by atoms with E-state index in [4.69, 9.17) is 0 Å². The molecule has 1 aromatic heterocycles. The summed E-state index contributed by atoms with van der Waals surface area (Å²) in [5.41, 5.74) is 1.81. The fourth-order valence-electron chi connectivity index (χ4n) is 1.87. The summed E-state index contributed by atoms with van der Waals surface area (Å²) in [5, 5.41) is 12.6. The molecule has 1 amide bonds. The van der Waals surface area contributed by atoms with Crippen molar-refractivity contribution in [2.45, 2.75) is 32.1 Å². The van der Waals surface area contributed by atoms with Gasteiger partial charge >= 0.3 is 0 Å². The summed E-state index contributed by atoms with van der Waals surface area (Å²) < 4.78 is 0. The van der Waals surface area contributed by atoms with E-state index in [1.165, 1.54) is 37.5 Å². The Morgan fingerprint density at radius 2 is 2.44 bits per heavy atom. The molecule has 0 spiro atoms. The van der Waals surface area contributed by atoms with Gasteiger partial charge in [-0.1, -0.05) is 11.6 Å². The first kappa shape index (κ1) is 10.9. The molecule has 1 heterocycles. The van der Waals surface area contributed by atoms with Gasteiger partial charge < -0.3 is 5.32 Å². The Bertz CT molecular complexity index is 369. The van der Waals surface area contributed by atoms with Gasteiger partial charge in [-0.25, -0.2) is 0 Å². The van der Waals surface area contributed by atoms with Crippen LogP contribution in [0.15, 0.2) is 17.8 Å². The average Bonchev–Trinajstić information content (AvgIpc) is 2.84. The topological polar surface area (TPSA) is 70.7 Å². The van der Waals surface area contributed by atoms with Crippen molar-refractivity contribution in [3.8, 4) is 0 Å². The second kappa shape index (κ2) is 5.44. The maximum Gasteiger partial charge on any atom is 0.273 e. The summed E-state index contributed by atoms with van der Waals surface area (Å²) >= 11 is 0. The minimum atomic E-state index is -0.162. The first-order valence-electron chi connectivity index (χ1n) is 5.68. The van der Waals surface area contributed by atoms with Gasteiger partial charge in [-0.2, -0.15) is 15.4 Å². The van der Waals surface area contributed by atoms with Gasteiger partial charge in [0.2, 0.25) is 0 Å². The van der Waals surface area contributed by atoms with Crippen LogP contribution in [0.25, 0.3) is 0 Å². The van der Waals surface area contributed by atoms with E-state index < -0.39 is 0 Å². The van der Waals surface area contributed by atoms with Crippen molar-refractivity contribution in [2.75, 3.05) is 6.54 Å². The third-order valence-electron chi connectivity index (χ3n) is 2.76. The van der Waals surface area contributed by atoms with Crippen LogP contribution >= 0.6 is 0 Å². The summed E-state index contributed by atoms with van der Waals surface area (Å²) in [5.74, 6) is -0.162. The maximum absolute atomic E-state index is 11.5. The third kappa shape index (κ3) is 2.92. The lowest BCUT2D eigenvalue weighted by Crippen LogP contribution is -2.25. The zero-order valence-electron chi connectivity index (χ0n) is 9.20. The van der Waals surface area contributed by atoms with E-state index in [-0.39, 0.29) is 5.91 Å². The lowest BCUT2D eigenvalue weighted by molar-refractivity contribution is 0.0949. The number of rotatable bonds is 4. The molecule has 0 aromatic carbocycles. The molecule has 0 aliphatic heterocycles. The largest absolute Gasteiger partial charge is 0.350 e. The number of nitrogens with one attached hydrogen (secondary N) is 2. The number of hydrogen-bond donors (Lipinski definition) is 2. The Kier molecular flexibility index (Phi) is 3.69. The first-order chi connectivity index (χ1) is 7.86. The highest BCUT2D eigenvalue weighted by atomic mass is 16.1. The molecule has 1 aliphatic carbocycles. The van der Waals surface area contributed by atoms with E-state index in [0.29, 0.717) is 12.2 Å².